The highest BCUT2D eigenvalue weighted by Crippen LogP contribution is 2.53. The lowest BCUT2D eigenvalue weighted by Crippen LogP contribution is -2.49. The average Bonchev–Trinajstić information content (AvgIpc) is 3.67. The molecule has 7 rings (SSSR count). The summed E-state index contributed by atoms with van der Waals surface area (Å²) in [5.74, 6) is -0.229. The molecule has 3 N–H and O–H groups in total. The van der Waals surface area contributed by atoms with Gasteiger partial charge < -0.3 is 20.5 Å². The van der Waals surface area contributed by atoms with Crippen LogP contribution in [0.25, 0.3) is 6.08 Å². The molecule has 2 amide bonds. The molecule has 2 aliphatic heterocycles. The zero-order valence-electron chi connectivity index (χ0n) is 23.3. The van der Waals surface area contributed by atoms with E-state index in [0.717, 1.165) is 62.1 Å². The summed E-state index contributed by atoms with van der Waals surface area (Å²) in [7, 11) is 0. The van der Waals surface area contributed by atoms with E-state index in [9.17, 15) is 9.59 Å². The Kier molecular flexibility index (Phi) is 6.38. The average molecular weight is 535 g/mol. The van der Waals surface area contributed by atoms with Crippen LogP contribution in [0.5, 0.6) is 0 Å². The third-order valence-corrected chi connectivity index (χ3v) is 9.65. The number of piperidine rings is 1. The molecule has 40 heavy (non-hydrogen) atoms. The van der Waals surface area contributed by atoms with Crippen molar-refractivity contribution in [3.63, 3.8) is 0 Å². The highest BCUT2D eigenvalue weighted by Gasteiger charge is 2.50. The van der Waals surface area contributed by atoms with Crippen LogP contribution in [0.15, 0.2) is 54.7 Å². The Morgan fingerprint density at radius 3 is 2.83 bits per heavy atom. The molecule has 3 atom stereocenters. The summed E-state index contributed by atoms with van der Waals surface area (Å²) in [4.78, 5) is 32.8. The van der Waals surface area contributed by atoms with Crippen molar-refractivity contribution in [3.05, 3.63) is 88.2 Å². The van der Waals surface area contributed by atoms with Gasteiger partial charge in [0, 0.05) is 47.7 Å². The fourth-order valence-corrected chi connectivity index (χ4v) is 7.75. The summed E-state index contributed by atoms with van der Waals surface area (Å²) in [6.45, 7) is 3.72. The molecule has 2 aliphatic carbocycles. The van der Waals surface area contributed by atoms with Crippen LogP contribution < -0.4 is 15.5 Å². The van der Waals surface area contributed by atoms with Gasteiger partial charge in [-0.05, 0) is 97.5 Å². The number of amides is 2. The molecule has 1 saturated heterocycles. The van der Waals surface area contributed by atoms with Crippen LogP contribution >= 0.6 is 0 Å². The fraction of sp³-hybridized carbons (Fsp3) is 0.412. The number of aromatic amines is 1. The molecule has 6 heteroatoms. The molecule has 206 valence electrons. The number of nitrogens with one attached hydrogen (secondary N) is 3. The van der Waals surface area contributed by atoms with Crippen LogP contribution in [0.1, 0.15) is 78.5 Å². The zero-order valence-corrected chi connectivity index (χ0v) is 23.3. The van der Waals surface area contributed by atoms with Crippen molar-refractivity contribution in [2.45, 2.75) is 75.7 Å². The predicted molar refractivity (Wildman–Crippen MR) is 160 cm³/mol. The molecule has 0 spiro atoms. The quantitative estimate of drug-likeness (QED) is 0.384. The molecule has 3 heterocycles. The van der Waals surface area contributed by atoms with E-state index < -0.39 is 5.41 Å². The minimum absolute atomic E-state index is 0.0330. The van der Waals surface area contributed by atoms with Gasteiger partial charge in [0.2, 0.25) is 11.8 Å². The Balaban J connectivity index is 1.35. The maximum atomic E-state index is 14.0. The van der Waals surface area contributed by atoms with Gasteiger partial charge in [-0.2, -0.15) is 0 Å². The van der Waals surface area contributed by atoms with Crippen molar-refractivity contribution in [3.8, 4) is 0 Å². The van der Waals surface area contributed by atoms with Crippen LogP contribution in [-0.4, -0.2) is 35.9 Å². The Morgan fingerprint density at radius 1 is 1.10 bits per heavy atom. The van der Waals surface area contributed by atoms with Gasteiger partial charge in [0.05, 0.1) is 5.92 Å². The highest BCUT2D eigenvalue weighted by molar-refractivity contribution is 6.06. The van der Waals surface area contributed by atoms with Gasteiger partial charge in [-0.15, -0.1) is 0 Å². The number of allylic oxidation sites excluding steroid dienone is 1. The van der Waals surface area contributed by atoms with E-state index >= 15 is 0 Å². The Labute approximate surface area is 236 Å². The van der Waals surface area contributed by atoms with Gasteiger partial charge in [0.25, 0.3) is 0 Å². The molecule has 0 saturated carbocycles. The molecule has 1 fully saturated rings. The molecule has 2 aromatic carbocycles. The van der Waals surface area contributed by atoms with E-state index in [1.165, 1.54) is 40.8 Å². The van der Waals surface area contributed by atoms with Crippen molar-refractivity contribution in [1.82, 2.24) is 10.3 Å². The third kappa shape index (κ3) is 4.03. The first-order valence-corrected chi connectivity index (χ1v) is 15.0. The Hall–Kier alpha value is -3.64. The van der Waals surface area contributed by atoms with Crippen molar-refractivity contribution in [2.24, 2.45) is 0 Å². The molecule has 6 nitrogen and oxygen atoms in total. The van der Waals surface area contributed by atoms with E-state index in [-0.39, 0.29) is 23.8 Å². The Morgan fingerprint density at radius 2 is 1.98 bits per heavy atom. The normalized spacial score (nSPS) is 24.8. The van der Waals surface area contributed by atoms with Crippen molar-refractivity contribution in [1.29, 1.82) is 0 Å². The van der Waals surface area contributed by atoms with E-state index in [0.29, 0.717) is 6.42 Å². The number of H-pyrrole nitrogens is 1. The molecule has 1 aromatic heterocycles. The Bertz CT molecular complexity index is 1500. The van der Waals surface area contributed by atoms with Gasteiger partial charge in [-0.1, -0.05) is 43.3 Å². The van der Waals surface area contributed by atoms with Crippen LogP contribution in [0, 0.1) is 0 Å². The fourth-order valence-electron chi connectivity index (χ4n) is 7.75. The van der Waals surface area contributed by atoms with Gasteiger partial charge in [0.1, 0.15) is 0 Å². The van der Waals surface area contributed by atoms with Crippen molar-refractivity contribution in [2.75, 3.05) is 23.3 Å². The summed E-state index contributed by atoms with van der Waals surface area (Å²) in [5, 5.41) is 6.69. The van der Waals surface area contributed by atoms with E-state index in [2.05, 4.69) is 64.3 Å². The maximum Gasteiger partial charge on any atom is 0.233 e. The first kappa shape index (κ1) is 25.3. The first-order valence-electron chi connectivity index (χ1n) is 15.0. The minimum atomic E-state index is -0.510. The summed E-state index contributed by atoms with van der Waals surface area (Å²) in [6, 6.07) is 14.8. The highest BCUT2D eigenvalue weighted by atomic mass is 16.2. The minimum Gasteiger partial charge on any atom is -0.364 e. The molecular weight excluding hydrogens is 496 g/mol. The largest absolute Gasteiger partial charge is 0.364 e. The topological polar surface area (TPSA) is 77.2 Å². The molecule has 0 radical (unpaired) electrons. The molecule has 3 aromatic rings. The molecule has 0 bridgehead atoms. The molecular formula is C34H38N4O2. The number of hydrogen-bond donors (Lipinski definition) is 3. The van der Waals surface area contributed by atoms with Gasteiger partial charge in [0.15, 0.2) is 0 Å². The van der Waals surface area contributed by atoms with E-state index in [4.69, 9.17) is 0 Å². The molecule has 4 aliphatic rings. The van der Waals surface area contributed by atoms with E-state index in [1.54, 1.807) is 0 Å². The second kappa shape index (κ2) is 10.1. The zero-order chi connectivity index (χ0) is 27.3. The number of benzene rings is 2. The summed E-state index contributed by atoms with van der Waals surface area (Å²) < 4.78 is 0. The maximum absolute atomic E-state index is 14.0. The number of nitrogens with zero attached hydrogens (tertiary/aromatic N) is 1. The number of aromatic nitrogens is 1. The first-order chi connectivity index (χ1) is 19.6. The van der Waals surface area contributed by atoms with Gasteiger partial charge in [-0.3, -0.25) is 9.59 Å². The number of carbonyl (C=O) groups is 2. The number of aryl methyl sites for hydroxylation is 1. The van der Waals surface area contributed by atoms with E-state index in [1.807, 2.05) is 24.0 Å². The van der Waals surface area contributed by atoms with Crippen LogP contribution in [0.2, 0.25) is 0 Å². The number of carbonyl (C=O) groups excluding carboxylic acids is 2. The van der Waals surface area contributed by atoms with Crippen LogP contribution in [0.4, 0.5) is 11.4 Å². The lowest BCUT2D eigenvalue weighted by molar-refractivity contribution is -0.119. The smallest absolute Gasteiger partial charge is 0.233 e. The molecule has 3 unspecified atom stereocenters. The lowest BCUT2D eigenvalue weighted by Gasteiger charge is -2.37. The number of anilines is 2. The number of fused-ring (bicyclic) bond motifs is 3. The summed E-state index contributed by atoms with van der Waals surface area (Å²) >= 11 is 0. The van der Waals surface area contributed by atoms with Crippen molar-refractivity contribution >= 4 is 29.3 Å². The van der Waals surface area contributed by atoms with Crippen molar-refractivity contribution < 1.29 is 9.59 Å². The monoisotopic (exact) mass is 534 g/mol. The van der Waals surface area contributed by atoms with Crippen LogP contribution in [0.3, 0.4) is 0 Å². The van der Waals surface area contributed by atoms with Gasteiger partial charge in [-0.25, -0.2) is 0 Å². The summed E-state index contributed by atoms with van der Waals surface area (Å²) in [5.41, 5.74) is 8.75. The van der Waals surface area contributed by atoms with Crippen LogP contribution in [-0.2, 0) is 34.3 Å². The number of hydrogen-bond acceptors (Lipinski definition) is 3. The summed E-state index contributed by atoms with van der Waals surface area (Å²) in [6.07, 6.45) is 14.6. The van der Waals surface area contributed by atoms with Gasteiger partial charge >= 0.3 is 0 Å². The number of rotatable bonds is 6. The predicted octanol–water partition coefficient (Wildman–Crippen LogP) is 5.63. The second-order valence-corrected chi connectivity index (χ2v) is 11.9. The lowest BCUT2D eigenvalue weighted by atomic mass is 9.65. The SMILES string of the molecule is CCC(=O)N(c1ccc2c(c1)C(C1(Cc3c[nH]c4c3CCCC4)C=Cc3ccccc31)C(=O)N2)C1CCCNC1. The second-order valence-electron chi connectivity index (χ2n) is 11.9. The third-order valence-electron chi connectivity index (χ3n) is 9.65. The standard InChI is InChI=1S/C34H38N4O2/c1-2-31(39)38(25-9-7-17-35-21-25)24-13-14-30-27(18-24)32(33(40)37-30)34(16-15-22-8-3-5-11-28(22)34)19-23-20-36-29-12-6-4-10-26(23)29/h3,5,8,11,13-16,18,20,25,32,35-36H,2,4,6-7,9-10,12,17,19,21H2,1H3,(H,37,40).